The van der Waals surface area contributed by atoms with Crippen molar-refractivity contribution < 1.29 is 10.1 Å². The van der Waals surface area contributed by atoms with E-state index in [9.17, 15) is 5.11 Å². The molecule has 152 valence electrons. The molecular weight excluding hydrogens is 370 g/mol. The molecule has 0 spiro atoms. The summed E-state index contributed by atoms with van der Waals surface area (Å²) in [5.41, 5.74) is 4.99. The van der Waals surface area contributed by atoms with Gasteiger partial charge < -0.3 is 5.11 Å². The van der Waals surface area contributed by atoms with Gasteiger partial charge in [0.25, 0.3) is 5.82 Å². The van der Waals surface area contributed by atoms with Crippen LogP contribution in [0, 0.1) is 6.92 Å². The minimum atomic E-state index is -0.233. The summed E-state index contributed by atoms with van der Waals surface area (Å²) in [7, 11) is 0. The summed E-state index contributed by atoms with van der Waals surface area (Å²) < 4.78 is 0. The lowest BCUT2D eigenvalue weighted by Gasteiger charge is -2.21. The monoisotopic (exact) mass is 398 g/mol. The molecular formula is C26H28N3O+. The molecule has 4 rings (SSSR count). The Balaban J connectivity index is 1.82. The molecule has 4 heteroatoms. The normalized spacial score (nSPS) is 12.7. The Bertz CT molecular complexity index is 1180. The molecule has 2 heterocycles. The molecule has 0 saturated heterocycles. The van der Waals surface area contributed by atoms with Crippen LogP contribution in [-0.4, -0.2) is 10.1 Å². The summed E-state index contributed by atoms with van der Waals surface area (Å²) in [6.07, 6.45) is 3.62. The summed E-state index contributed by atoms with van der Waals surface area (Å²) in [4.78, 5) is 7.66. The fraction of sp³-hybridized carbons (Fsp3) is 0.231. The van der Waals surface area contributed by atoms with Crippen LogP contribution in [0.15, 0.2) is 73.1 Å². The number of aromatic amines is 1. The minimum Gasteiger partial charge on any atom is -0.505 e. The number of aromatic nitrogens is 2. The largest absolute Gasteiger partial charge is 0.505 e. The number of hydrogen-bond acceptors (Lipinski definition) is 3. The number of phenols is 1. The lowest BCUT2D eigenvalue weighted by Crippen LogP contribution is -2.19. The number of aromatic hydroxyl groups is 1. The summed E-state index contributed by atoms with van der Waals surface area (Å²) in [5, 5.41) is 15.6. The van der Waals surface area contributed by atoms with Crippen LogP contribution in [-0.2, 0) is 5.41 Å². The Morgan fingerprint density at radius 3 is 2.47 bits per heavy atom. The standard InChI is InChI=1S/C26H27N3O/c1-17-13-15-27-22(16-17)29-23(19-7-10-20(11-8-19)26(2,3)4)21-12-9-18-6-5-14-28-24(18)25(21)30/h5-16,23,30H,1-4H3,(H,27,29)/p+1/t23-/m0/s1. The van der Waals surface area contributed by atoms with E-state index in [0.717, 1.165) is 27.9 Å². The maximum atomic E-state index is 11.1. The number of nitrogens with zero attached hydrogens (tertiary/aromatic N) is 1. The average Bonchev–Trinajstić information content (AvgIpc) is 2.72. The molecule has 0 radical (unpaired) electrons. The predicted octanol–water partition coefficient (Wildman–Crippen LogP) is 5.56. The second kappa shape index (κ2) is 7.79. The maximum Gasteiger partial charge on any atom is 0.273 e. The molecule has 30 heavy (non-hydrogen) atoms. The Morgan fingerprint density at radius 2 is 1.77 bits per heavy atom. The maximum absolute atomic E-state index is 11.1. The zero-order valence-corrected chi connectivity index (χ0v) is 17.9. The second-order valence-corrected chi connectivity index (χ2v) is 8.81. The van der Waals surface area contributed by atoms with Gasteiger partial charge in [0.2, 0.25) is 0 Å². The topological polar surface area (TPSA) is 59.3 Å². The van der Waals surface area contributed by atoms with Crippen LogP contribution in [0.5, 0.6) is 5.75 Å². The quantitative estimate of drug-likeness (QED) is 0.473. The highest BCUT2D eigenvalue weighted by molar-refractivity contribution is 5.86. The second-order valence-electron chi connectivity index (χ2n) is 8.81. The minimum absolute atomic E-state index is 0.0841. The number of phenolic OH excluding ortho intramolecular Hbond substituents is 1. The number of rotatable bonds is 4. The van der Waals surface area contributed by atoms with E-state index >= 15 is 0 Å². The Hall–Kier alpha value is -3.40. The van der Waals surface area contributed by atoms with E-state index in [2.05, 4.69) is 73.3 Å². The summed E-state index contributed by atoms with van der Waals surface area (Å²) in [5.74, 6) is 1.10. The Kier molecular flexibility index (Phi) is 5.17. The molecule has 2 aromatic carbocycles. The van der Waals surface area contributed by atoms with Crippen molar-refractivity contribution in [3.8, 4) is 5.75 Å². The molecule has 0 aliphatic heterocycles. The number of aryl methyl sites for hydroxylation is 1. The first-order valence-corrected chi connectivity index (χ1v) is 10.2. The van der Waals surface area contributed by atoms with Crippen molar-refractivity contribution >= 4 is 16.7 Å². The number of benzene rings is 2. The van der Waals surface area contributed by atoms with E-state index in [1.165, 1.54) is 5.56 Å². The van der Waals surface area contributed by atoms with Crippen molar-refractivity contribution in [3.05, 3.63) is 95.3 Å². The number of pyridine rings is 2. The molecule has 4 nitrogen and oxygen atoms in total. The smallest absolute Gasteiger partial charge is 0.273 e. The number of anilines is 1. The number of fused-ring (bicyclic) bond motifs is 1. The van der Waals surface area contributed by atoms with Crippen LogP contribution >= 0.6 is 0 Å². The molecule has 0 bridgehead atoms. The van der Waals surface area contributed by atoms with Crippen molar-refractivity contribution in [1.29, 1.82) is 0 Å². The molecule has 0 saturated carbocycles. The molecule has 3 N–H and O–H groups in total. The van der Waals surface area contributed by atoms with Gasteiger partial charge in [0, 0.05) is 28.8 Å². The molecule has 2 aromatic heterocycles. The number of nitrogens with one attached hydrogen (secondary N) is 2. The summed E-state index contributed by atoms with van der Waals surface area (Å²) in [6.45, 7) is 8.68. The van der Waals surface area contributed by atoms with Crippen molar-refractivity contribution in [2.75, 3.05) is 5.32 Å². The van der Waals surface area contributed by atoms with Crippen molar-refractivity contribution in [2.45, 2.75) is 39.2 Å². The van der Waals surface area contributed by atoms with E-state index in [1.54, 1.807) is 6.20 Å². The van der Waals surface area contributed by atoms with E-state index in [-0.39, 0.29) is 17.2 Å². The molecule has 0 amide bonds. The van der Waals surface area contributed by atoms with Gasteiger partial charge in [-0.15, -0.1) is 0 Å². The third-order valence-electron chi connectivity index (χ3n) is 5.46. The molecule has 0 aliphatic rings. The van der Waals surface area contributed by atoms with Crippen molar-refractivity contribution in [1.82, 2.24) is 4.98 Å². The van der Waals surface area contributed by atoms with Crippen LogP contribution in [0.3, 0.4) is 0 Å². The van der Waals surface area contributed by atoms with Crippen LogP contribution in [0.2, 0.25) is 0 Å². The van der Waals surface area contributed by atoms with Gasteiger partial charge in [0.15, 0.2) is 0 Å². The zero-order valence-electron chi connectivity index (χ0n) is 17.9. The van der Waals surface area contributed by atoms with Crippen LogP contribution in [0.4, 0.5) is 5.82 Å². The Morgan fingerprint density at radius 1 is 1.00 bits per heavy atom. The average molecular weight is 399 g/mol. The van der Waals surface area contributed by atoms with Crippen molar-refractivity contribution in [3.63, 3.8) is 0 Å². The lowest BCUT2D eigenvalue weighted by molar-refractivity contribution is -0.361. The van der Waals surface area contributed by atoms with E-state index in [0.29, 0.717) is 5.52 Å². The van der Waals surface area contributed by atoms with E-state index in [4.69, 9.17) is 0 Å². The van der Waals surface area contributed by atoms with Gasteiger partial charge in [-0.05, 0) is 41.7 Å². The highest BCUT2D eigenvalue weighted by Gasteiger charge is 2.25. The van der Waals surface area contributed by atoms with Crippen LogP contribution < -0.4 is 10.3 Å². The van der Waals surface area contributed by atoms with Crippen LogP contribution in [0.25, 0.3) is 10.9 Å². The first-order chi connectivity index (χ1) is 14.3. The van der Waals surface area contributed by atoms with Gasteiger partial charge in [-0.1, -0.05) is 57.2 Å². The van der Waals surface area contributed by atoms with Crippen molar-refractivity contribution in [2.24, 2.45) is 0 Å². The molecule has 4 aromatic rings. The third kappa shape index (κ3) is 3.99. The highest BCUT2D eigenvalue weighted by Crippen LogP contribution is 2.36. The first kappa shape index (κ1) is 19.9. The van der Waals surface area contributed by atoms with Crippen LogP contribution in [0.1, 0.15) is 49.1 Å². The lowest BCUT2D eigenvalue weighted by atomic mass is 9.85. The van der Waals surface area contributed by atoms with Gasteiger partial charge in [-0.3, -0.25) is 10.3 Å². The zero-order chi connectivity index (χ0) is 21.3. The number of H-pyrrole nitrogens is 1. The highest BCUT2D eigenvalue weighted by atomic mass is 16.3. The van der Waals surface area contributed by atoms with Gasteiger partial charge in [0.1, 0.15) is 17.3 Å². The van der Waals surface area contributed by atoms with E-state index < -0.39 is 0 Å². The third-order valence-corrected chi connectivity index (χ3v) is 5.46. The molecule has 0 aliphatic carbocycles. The SMILES string of the molecule is Cc1cc[nH+]c(N[C@@H](c2ccc(C(C)(C)C)cc2)c2ccc3cccnc3c2O)c1. The van der Waals surface area contributed by atoms with Gasteiger partial charge in [-0.2, -0.15) is 0 Å². The molecule has 0 fully saturated rings. The fourth-order valence-corrected chi connectivity index (χ4v) is 3.71. The molecule has 0 unspecified atom stereocenters. The van der Waals surface area contributed by atoms with Gasteiger partial charge >= 0.3 is 0 Å². The van der Waals surface area contributed by atoms with Gasteiger partial charge in [-0.25, -0.2) is 4.98 Å². The first-order valence-electron chi connectivity index (χ1n) is 10.2. The van der Waals surface area contributed by atoms with E-state index in [1.807, 2.05) is 36.5 Å². The Labute approximate surface area is 177 Å². The predicted molar refractivity (Wildman–Crippen MR) is 122 cm³/mol. The molecule has 1 atom stereocenters. The summed E-state index contributed by atoms with van der Waals surface area (Å²) >= 11 is 0. The van der Waals surface area contributed by atoms with Gasteiger partial charge in [0.05, 0.1) is 6.20 Å². The number of hydrogen-bond donors (Lipinski definition) is 2. The summed E-state index contributed by atoms with van der Waals surface area (Å²) in [6, 6.07) is 20.3. The fourth-order valence-electron chi connectivity index (χ4n) is 3.71.